The number of carbonyl (C=O) groups is 4. The highest BCUT2D eigenvalue weighted by Gasteiger charge is 2.32. The van der Waals surface area contributed by atoms with Crippen LogP contribution in [0.3, 0.4) is 0 Å². The fourth-order valence-electron chi connectivity index (χ4n) is 3.71. The van der Waals surface area contributed by atoms with Crippen molar-refractivity contribution in [3.05, 3.63) is 29.8 Å². The number of nitrogens with two attached hydrogens (primary N) is 3. The molecule has 11 N–H and O–H groups in total. The molecule has 224 valence electrons. The summed E-state index contributed by atoms with van der Waals surface area (Å²) in [5, 5.41) is 27.1. The highest BCUT2D eigenvalue weighted by atomic mass is 32.2. The lowest BCUT2D eigenvalue weighted by molar-refractivity contribution is -0.143. The first-order chi connectivity index (χ1) is 18.9. The monoisotopic (exact) mass is 581 g/mol. The molecule has 0 spiro atoms. The molecule has 14 heteroatoms. The van der Waals surface area contributed by atoms with Gasteiger partial charge in [-0.3, -0.25) is 19.4 Å². The van der Waals surface area contributed by atoms with Crippen molar-refractivity contribution in [2.75, 3.05) is 18.6 Å². The lowest BCUT2D eigenvalue weighted by atomic mass is 9.98. The van der Waals surface area contributed by atoms with Gasteiger partial charge in [-0.25, -0.2) is 4.79 Å². The summed E-state index contributed by atoms with van der Waals surface area (Å²) in [4.78, 5) is 55.1. The fourth-order valence-corrected chi connectivity index (χ4v) is 4.20. The molecule has 0 heterocycles. The van der Waals surface area contributed by atoms with E-state index in [0.29, 0.717) is 30.6 Å². The van der Waals surface area contributed by atoms with Crippen molar-refractivity contribution >= 4 is 41.4 Å². The molecule has 5 atom stereocenters. The molecule has 0 saturated heterocycles. The predicted molar refractivity (Wildman–Crippen MR) is 156 cm³/mol. The van der Waals surface area contributed by atoms with Crippen LogP contribution in [0.2, 0.25) is 0 Å². The van der Waals surface area contributed by atoms with Crippen molar-refractivity contribution in [2.24, 2.45) is 28.1 Å². The van der Waals surface area contributed by atoms with E-state index in [1.165, 1.54) is 23.9 Å². The molecule has 0 fully saturated rings. The zero-order chi connectivity index (χ0) is 30.2. The minimum absolute atomic E-state index is 0.00655. The Bertz CT molecular complexity index is 1000. The van der Waals surface area contributed by atoms with Crippen molar-refractivity contribution in [1.29, 1.82) is 0 Å². The van der Waals surface area contributed by atoms with Crippen LogP contribution in [-0.2, 0) is 25.6 Å². The third kappa shape index (κ3) is 12.6. The first kappa shape index (κ1) is 34.5. The number of carboxylic acid groups (broad SMARTS) is 1. The average Bonchev–Trinajstić information content (AvgIpc) is 2.91. The summed E-state index contributed by atoms with van der Waals surface area (Å²) in [6, 6.07) is 1.83. The molecule has 0 aromatic heterocycles. The SMILES string of the molecule is CCC(C)C(NC(=O)C(Cc1ccc(O)cc1)NC(=O)C(CCCN=C(N)N)NC(=O)C(N)CCSC)C(=O)O. The third-order valence-corrected chi connectivity index (χ3v) is 6.98. The number of aliphatic carboxylic acids is 1. The van der Waals surface area contributed by atoms with Crippen LogP contribution < -0.4 is 33.2 Å². The second kappa shape index (κ2) is 17.9. The molecule has 0 bridgehead atoms. The largest absolute Gasteiger partial charge is 0.508 e. The minimum Gasteiger partial charge on any atom is -0.508 e. The van der Waals surface area contributed by atoms with Gasteiger partial charge in [0.05, 0.1) is 6.04 Å². The molecule has 3 amide bonds. The Morgan fingerprint density at radius 3 is 2.12 bits per heavy atom. The van der Waals surface area contributed by atoms with Crippen LogP contribution >= 0.6 is 11.8 Å². The zero-order valence-corrected chi connectivity index (χ0v) is 24.1. The number of nitrogens with one attached hydrogen (secondary N) is 3. The molecule has 40 heavy (non-hydrogen) atoms. The van der Waals surface area contributed by atoms with Crippen LogP contribution in [0.1, 0.15) is 45.1 Å². The van der Waals surface area contributed by atoms with E-state index in [2.05, 4.69) is 20.9 Å². The quantitative estimate of drug-likeness (QED) is 0.0637. The van der Waals surface area contributed by atoms with Gasteiger partial charge in [0, 0.05) is 13.0 Å². The van der Waals surface area contributed by atoms with Crippen LogP contribution in [-0.4, -0.2) is 82.6 Å². The number of guanidine groups is 1. The van der Waals surface area contributed by atoms with Gasteiger partial charge < -0.3 is 43.4 Å². The zero-order valence-electron chi connectivity index (χ0n) is 23.3. The number of nitrogens with zero attached hydrogens (tertiary/aromatic N) is 1. The van der Waals surface area contributed by atoms with Crippen LogP contribution in [0.25, 0.3) is 0 Å². The van der Waals surface area contributed by atoms with E-state index in [1.807, 2.05) is 13.2 Å². The number of aromatic hydroxyl groups is 1. The average molecular weight is 582 g/mol. The highest BCUT2D eigenvalue weighted by molar-refractivity contribution is 7.98. The summed E-state index contributed by atoms with van der Waals surface area (Å²) in [5.41, 5.74) is 17.3. The van der Waals surface area contributed by atoms with Crippen molar-refractivity contribution < 1.29 is 29.4 Å². The Balaban J connectivity index is 3.20. The van der Waals surface area contributed by atoms with E-state index < -0.39 is 47.9 Å². The topological polar surface area (TPSA) is 235 Å². The first-order valence-corrected chi connectivity index (χ1v) is 14.5. The van der Waals surface area contributed by atoms with Crippen molar-refractivity contribution in [1.82, 2.24) is 16.0 Å². The van der Waals surface area contributed by atoms with Gasteiger partial charge in [-0.1, -0.05) is 32.4 Å². The Hall–Kier alpha value is -3.52. The molecule has 5 unspecified atom stereocenters. The molecule has 0 radical (unpaired) electrons. The van der Waals surface area contributed by atoms with Crippen LogP contribution in [0.15, 0.2) is 29.3 Å². The smallest absolute Gasteiger partial charge is 0.326 e. The lowest BCUT2D eigenvalue weighted by Crippen LogP contribution is -2.58. The summed E-state index contributed by atoms with van der Waals surface area (Å²) in [6.45, 7) is 3.73. The maximum Gasteiger partial charge on any atom is 0.326 e. The van der Waals surface area contributed by atoms with E-state index in [0.717, 1.165) is 0 Å². The van der Waals surface area contributed by atoms with Gasteiger partial charge in [-0.05, 0) is 54.9 Å². The number of amides is 3. The van der Waals surface area contributed by atoms with Gasteiger partial charge in [0.2, 0.25) is 17.7 Å². The van der Waals surface area contributed by atoms with Crippen LogP contribution in [0.4, 0.5) is 0 Å². The third-order valence-electron chi connectivity index (χ3n) is 6.33. The number of hydrogen-bond donors (Lipinski definition) is 8. The molecule has 0 aliphatic carbocycles. The van der Waals surface area contributed by atoms with Crippen LogP contribution in [0, 0.1) is 5.92 Å². The minimum atomic E-state index is -1.19. The number of phenolic OH excluding ortho intramolecular Hbond substituents is 1. The summed E-state index contributed by atoms with van der Waals surface area (Å²) in [7, 11) is 0. The standard InChI is InChI=1S/C26H43N7O6S/c1-4-15(2)21(25(38)39)33-24(37)20(14-16-7-9-17(34)10-8-16)32-23(36)19(6-5-12-30-26(28)29)31-22(35)18(27)11-13-40-3/h7-10,15,18-21,34H,4-6,11-14,27H2,1-3H3,(H,31,35)(H,32,36)(H,33,37)(H,38,39)(H4,28,29,30). The fraction of sp³-hybridized carbons (Fsp3) is 0.577. The number of phenols is 1. The van der Waals surface area contributed by atoms with E-state index in [-0.39, 0.29) is 37.0 Å². The second-order valence-corrected chi connectivity index (χ2v) is 10.5. The van der Waals surface area contributed by atoms with E-state index in [4.69, 9.17) is 17.2 Å². The number of hydrogen-bond acceptors (Lipinski definition) is 8. The van der Waals surface area contributed by atoms with Gasteiger partial charge in [-0.15, -0.1) is 0 Å². The first-order valence-electron chi connectivity index (χ1n) is 13.1. The number of benzene rings is 1. The normalized spacial score (nSPS) is 14.6. The molecule has 0 saturated carbocycles. The number of rotatable bonds is 18. The van der Waals surface area contributed by atoms with Gasteiger partial charge in [0.15, 0.2) is 5.96 Å². The van der Waals surface area contributed by atoms with E-state index in [9.17, 15) is 29.4 Å². The van der Waals surface area contributed by atoms with Crippen molar-refractivity contribution in [2.45, 2.75) is 70.1 Å². The molecule has 1 rings (SSSR count). The maximum atomic E-state index is 13.4. The Morgan fingerprint density at radius 2 is 1.57 bits per heavy atom. The van der Waals surface area contributed by atoms with Gasteiger partial charge in [0.1, 0.15) is 23.9 Å². The van der Waals surface area contributed by atoms with Crippen LogP contribution in [0.5, 0.6) is 5.75 Å². The predicted octanol–water partition coefficient (Wildman–Crippen LogP) is -0.346. The van der Waals surface area contributed by atoms with Gasteiger partial charge in [0.25, 0.3) is 0 Å². The summed E-state index contributed by atoms with van der Waals surface area (Å²) >= 11 is 1.54. The summed E-state index contributed by atoms with van der Waals surface area (Å²) in [5.74, 6) is -2.84. The Morgan fingerprint density at radius 1 is 0.975 bits per heavy atom. The van der Waals surface area contributed by atoms with Gasteiger partial charge >= 0.3 is 5.97 Å². The molecular weight excluding hydrogens is 538 g/mol. The number of carbonyl (C=O) groups excluding carboxylic acids is 3. The summed E-state index contributed by atoms with van der Waals surface area (Å²) < 4.78 is 0. The number of carboxylic acids is 1. The number of thioether (sulfide) groups is 1. The Kier molecular flexibility index (Phi) is 15.5. The maximum absolute atomic E-state index is 13.4. The second-order valence-electron chi connectivity index (χ2n) is 9.54. The summed E-state index contributed by atoms with van der Waals surface area (Å²) in [6.07, 6.45) is 3.31. The molecule has 13 nitrogen and oxygen atoms in total. The van der Waals surface area contributed by atoms with Crippen molar-refractivity contribution in [3.8, 4) is 5.75 Å². The van der Waals surface area contributed by atoms with E-state index in [1.54, 1.807) is 19.1 Å². The number of aliphatic imine (C=N–C) groups is 1. The lowest BCUT2D eigenvalue weighted by Gasteiger charge is -2.26. The van der Waals surface area contributed by atoms with Crippen molar-refractivity contribution in [3.63, 3.8) is 0 Å². The van der Waals surface area contributed by atoms with Gasteiger partial charge in [-0.2, -0.15) is 11.8 Å². The van der Waals surface area contributed by atoms with E-state index >= 15 is 0 Å². The highest BCUT2D eigenvalue weighted by Crippen LogP contribution is 2.13. The molecule has 0 aliphatic heterocycles. The molecule has 1 aromatic carbocycles. The molecule has 0 aliphatic rings. The Labute approximate surface area is 239 Å². The molecular formula is C26H43N7O6S. The molecule has 1 aromatic rings.